The lowest BCUT2D eigenvalue weighted by Gasteiger charge is -2.09. The Bertz CT molecular complexity index is 204. The van der Waals surface area contributed by atoms with Crippen LogP contribution < -0.4 is 0 Å². The van der Waals surface area contributed by atoms with Crippen molar-refractivity contribution in [2.75, 3.05) is 0 Å². The Balaban J connectivity index is 2.53. The summed E-state index contributed by atoms with van der Waals surface area (Å²) in [6.45, 7) is 6.38. The normalized spacial score (nSPS) is 23.9. The standard InChI is InChI=1S/C6H11NO2Si/c1-10(2,3)6-4-5(6)7(8)9/h4-5H,1-3H3. The molecule has 0 aromatic rings. The predicted molar refractivity (Wildman–Crippen MR) is 42.2 cm³/mol. The summed E-state index contributed by atoms with van der Waals surface area (Å²) < 4.78 is 0. The zero-order valence-corrected chi connectivity index (χ0v) is 7.42. The van der Waals surface area contributed by atoms with E-state index in [2.05, 4.69) is 19.6 Å². The quantitative estimate of drug-likeness (QED) is 0.346. The van der Waals surface area contributed by atoms with Crippen molar-refractivity contribution in [3.63, 3.8) is 0 Å². The Morgan fingerprint density at radius 3 is 2.20 bits per heavy atom. The number of hydrogen-bond acceptors (Lipinski definition) is 2. The number of hydrogen-bond donors (Lipinski definition) is 0. The molecule has 4 heteroatoms. The Morgan fingerprint density at radius 2 is 2.10 bits per heavy atom. The summed E-state index contributed by atoms with van der Waals surface area (Å²) in [5.74, 6) is 0. The van der Waals surface area contributed by atoms with E-state index < -0.39 is 14.1 Å². The van der Waals surface area contributed by atoms with Gasteiger partial charge in [0, 0.05) is 4.92 Å². The highest BCUT2D eigenvalue weighted by molar-refractivity contribution is 6.84. The fourth-order valence-electron chi connectivity index (χ4n) is 0.990. The van der Waals surface area contributed by atoms with Gasteiger partial charge in [-0.2, -0.15) is 0 Å². The van der Waals surface area contributed by atoms with E-state index >= 15 is 0 Å². The molecule has 0 amide bonds. The van der Waals surface area contributed by atoms with Crippen LogP contribution in [0.5, 0.6) is 0 Å². The Hall–Kier alpha value is -0.643. The Kier molecular flexibility index (Phi) is 1.43. The molecule has 0 N–H and O–H groups in total. The van der Waals surface area contributed by atoms with Gasteiger partial charge in [0.2, 0.25) is 6.04 Å². The van der Waals surface area contributed by atoms with Crippen LogP contribution in [0.15, 0.2) is 11.3 Å². The van der Waals surface area contributed by atoms with Crippen LogP contribution in [-0.4, -0.2) is 19.0 Å². The molecule has 0 aromatic heterocycles. The first-order chi connectivity index (χ1) is 4.43. The molecule has 1 aliphatic carbocycles. The van der Waals surface area contributed by atoms with Gasteiger partial charge in [0.25, 0.3) is 0 Å². The number of nitro groups is 1. The molecule has 0 aliphatic heterocycles. The van der Waals surface area contributed by atoms with E-state index in [1.54, 1.807) is 6.08 Å². The fraction of sp³-hybridized carbons (Fsp3) is 0.667. The lowest BCUT2D eigenvalue weighted by Crippen LogP contribution is -2.24. The largest absolute Gasteiger partial charge is 0.264 e. The molecular weight excluding hydrogens is 146 g/mol. The minimum Gasteiger partial charge on any atom is -0.264 e. The van der Waals surface area contributed by atoms with E-state index in [1.165, 1.54) is 0 Å². The van der Waals surface area contributed by atoms with E-state index in [9.17, 15) is 10.1 Å². The van der Waals surface area contributed by atoms with Gasteiger partial charge in [-0.1, -0.05) is 19.6 Å². The van der Waals surface area contributed by atoms with Gasteiger partial charge in [-0.05, 0) is 11.3 Å². The average Bonchev–Trinajstić information content (AvgIpc) is 2.35. The van der Waals surface area contributed by atoms with Crippen molar-refractivity contribution in [1.29, 1.82) is 0 Å². The lowest BCUT2D eigenvalue weighted by atomic mass is 10.7. The van der Waals surface area contributed by atoms with Crippen LogP contribution >= 0.6 is 0 Å². The third-order valence-electron chi connectivity index (χ3n) is 1.64. The van der Waals surface area contributed by atoms with E-state index in [0.717, 1.165) is 5.20 Å². The highest BCUT2D eigenvalue weighted by atomic mass is 28.3. The van der Waals surface area contributed by atoms with Gasteiger partial charge in [-0.15, -0.1) is 0 Å². The highest BCUT2D eigenvalue weighted by Gasteiger charge is 2.43. The molecule has 1 aliphatic rings. The van der Waals surface area contributed by atoms with Crippen LogP contribution in [0.25, 0.3) is 0 Å². The maximum atomic E-state index is 10.2. The van der Waals surface area contributed by atoms with Crippen LogP contribution in [-0.2, 0) is 0 Å². The summed E-state index contributed by atoms with van der Waals surface area (Å²) in [6, 6.07) is -0.397. The van der Waals surface area contributed by atoms with Crippen molar-refractivity contribution in [3.05, 3.63) is 21.4 Å². The monoisotopic (exact) mass is 157 g/mol. The van der Waals surface area contributed by atoms with Crippen molar-refractivity contribution in [3.8, 4) is 0 Å². The van der Waals surface area contributed by atoms with Crippen LogP contribution in [0.4, 0.5) is 0 Å². The van der Waals surface area contributed by atoms with E-state index in [-0.39, 0.29) is 4.92 Å². The van der Waals surface area contributed by atoms with E-state index in [0.29, 0.717) is 0 Å². The second-order valence-electron chi connectivity index (χ2n) is 3.60. The molecule has 1 atom stereocenters. The molecule has 0 bridgehead atoms. The first-order valence-electron chi connectivity index (χ1n) is 3.28. The lowest BCUT2D eigenvalue weighted by molar-refractivity contribution is -0.487. The first-order valence-corrected chi connectivity index (χ1v) is 6.78. The van der Waals surface area contributed by atoms with Crippen molar-refractivity contribution in [2.24, 2.45) is 0 Å². The third kappa shape index (κ3) is 1.26. The van der Waals surface area contributed by atoms with Crippen molar-refractivity contribution >= 4 is 8.07 Å². The van der Waals surface area contributed by atoms with Gasteiger partial charge in [-0.25, -0.2) is 0 Å². The van der Waals surface area contributed by atoms with Gasteiger partial charge >= 0.3 is 0 Å². The molecular formula is C6H11NO2Si. The summed E-state index contributed by atoms with van der Waals surface area (Å²) in [5.41, 5.74) is 0. The van der Waals surface area contributed by atoms with Gasteiger partial charge < -0.3 is 0 Å². The summed E-state index contributed by atoms with van der Waals surface area (Å²) >= 11 is 0. The van der Waals surface area contributed by atoms with Gasteiger partial charge in [-0.3, -0.25) is 10.1 Å². The first kappa shape index (κ1) is 7.46. The van der Waals surface area contributed by atoms with Crippen LogP contribution in [0.2, 0.25) is 19.6 Å². The summed E-state index contributed by atoms with van der Waals surface area (Å²) in [6.07, 6.45) is 1.77. The molecule has 0 spiro atoms. The molecule has 0 fully saturated rings. The number of rotatable bonds is 2. The third-order valence-corrected chi connectivity index (χ3v) is 3.83. The average molecular weight is 157 g/mol. The smallest absolute Gasteiger partial charge is 0.249 e. The van der Waals surface area contributed by atoms with Crippen molar-refractivity contribution < 1.29 is 4.92 Å². The molecule has 0 heterocycles. The minimum atomic E-state index is -1.33. The Morgan fingerprint density at radius 1 is 1.60 bits per heavy atom. The second kappa shape index (κ2) is 1.92. The molecule has 10 heavy (non-hydrogen) atoms. The maximum Gasteiger partial charge on any atom is 0.249 e. The molecule has 0 radical (unpaired) electrons. The predicted octanol–water partition coefficient (Wildman–Crippen LogP) is 1.45. The molecule has 1 unspecified atom stereocenters. The minimum absolute atomic E-state index is 0.215. The zero-order chi connectivity index (χ0) is 7.94. The summed E-state index contributed by atoms with van der Waals surface area (Å²) in [7, 11) is -1.33. The highest BCUT2D eigenvalue weighted by Crippen LogP contribution is 2.32. The van der Waals surface area contributed by atoms with Crippen molar-refractivity contribution in [1.82, 2.24) is 0 Å². The van der Waals surface area contributed by atoms with Gasteiger partial charge in [0.15, 0.2) is 0 Å². The molecule has 0 saturated carbocycles. The molecule has 0 saturated heterocycles. The van der Waals surface area contributed by atoms with Crippen LogP contribution in [0, 0.1) is 10.1 Å². The van der Waals surface area contributed by atoms with E-state index in [4.69, 9.17) is 0 Å². The summed E-state index contributed by atoms with van der Waals surface area (Å²) in [5, 5.41) is 11.3. The van der Waals surface area contributed by atoms with Gasteiger partial charge in [0.05, 0.1) is 8.07 Å². The topological polar surface area (TPSA) is 43.1 Å². The van der Waals surface area contributed by atoms with Crippen molar-refractivity contribution in [2.45, 2.75) is 25.7 Å². The fourth-order valence-corrected chi connectivity index (χ4v) is 2.64. The Labute approximate surface area is 60.9 Å². The molecule has 3 nitrogen and oxygen atoms in total. The SMILES string of the molecule is C[Si](C)(C)C1=CC1[N+](=O)[O-]. The number of nitrogens with zero attached hydrogens (tertiary/aromatic N) is 1. The van der Waals surface area contributed by atoms with Crippen LogP contribution in [0.3, 0.4) is 0 Å². The molecule has 56 valence electrons. The zero-order valence-electron chi connectivity index (χ0n) is 6.42. The second-order valence-corrected chi connectivity index (χ2v) is 8.68. The summed E-state index contributed by atoms with van der Waals surface area (Å²) in [4.78, 5) is 9.98. The van der Waals surface area contributed by atoms with E-state index in [1.807, 2.05) is 0 Å². The molecule has 0 aromatic carbocycles. The maximum absolute atomic E-state index is 10.2. The van der Waals surface area contributed by atoms with Gasteiger partial charge in [0.1, 0.15) is 0 Å². The van der Waals surface area contributed by atoms with Crippen LogP contribution in [0.1, 0.15) is 0 Å². The molecule has 1 rings (SSSR count).